The van der Waals surface area contributed by atoms with Gasteiger partial charge >= 0.3 is 5.97 Å². The van der Waals surface area contributed by atoms with Crippen LogP contribution in [0.2, 0.25) is 10.0 Å². The number of hydrogen-bond donors (Lipinski definition) is 3. The van der Waals surface area contributed by atoms with Crippen LogP contribution < -0.4 is 10.6 Å². The number of aliphatic carboxylic acids is 1. The van der Waals surface area contributed by atoms with Crippen LogP contribution in [0.4, 0.5) is 15.8 Å². The van der Waals surface area contributed by atoms with Gasteiger partial charge in [-0.1, -0.05) is 61.5 Å². The monoisotopic (exact) mass is 410 g/mol. The normalized spacial score (nSPS) is 19.1. The zero-order valence-electron chi connectivity index (χ0n) is 14.9. The van der Waals surface area contributed by atoms with Crippen LogP contribution in [-0.4, -0.2) is 11.1 Å². The third-order valence-electron chi connectivity index (χ3n) is 4.94. The lowest BCUT2D eigenvalue weighted by molar-refractivity contribution is -0.144. The summed E-state index contributed by atoms with van der Waals surface area (Å²) in [5.41, 5.74) is 0.638. The summed E-state index contributed by atoms with van der Waals surface area (Å²) in [5, 5.41) is 17.0. The zero-order chi connectivity index (χ0) is 19.6. The molecule has 3 N–H and O–H groups in total. The third kappa shape index (κ3) is 3.85. The van der Waals surface area contributed by atoms with E-state index < -0.39 is 23.4 Å². The van der Waals surface area contributed by atoms with Crippen molar-refractivity contribution in [1.29, 1.82) is 0 Å². The molecule has 144 valence electrons. The second-order valence-corrected chi connectivity index (χ2v) is 7.61. The lowest BCUT2D eigenvalue weighted by atomic mass is 9.82. The molecule has 1 aliphatic heterocycles. The minimum absolute atomic E-state index is 0.0205. The van der Waals surface area contributed by atoms with Gasteiger partial charge < -0.3 is 15.7 Å². The van der Waals surface area contributed by atoms with Gasteiger partial charge in [-0.05, 0) is 30.2 Å². The number of halogens is 3. The molecule has 7 heteroatoms. The summed E-state index contributed by atoms with van der Waals surface area (Å²) in [6, 6.07) is 9.74. The first-order valence-electron chi connectivity index (χ1n) is 8.91. The Morgan fingerprint density at radius 1 is 1.15 bits per heavy atom. The van der Waals surface area contributed by atoms with Gasteiger partial charge in [-0.15, -0.1) is 0 Å². The van der Waals surface area contributed by atoms with Crippen LogP contribution in [0.15, 0.2) is 36.4 Å². The van der Waals surface area contributed by atoms with Crippen LogP contribution in [-0.2, 0) is 10.5 Å². The fourth-order valence-electron chi connectivity index (χ4n) is 3.57. The lowest BCUT2D eigenvalue weighted by Gasteiger charge is -2.37. The number of fused-ring (bicyclic) bond motifs is 1. The number of unbranched alkanes of at least 4 members (excludes halogenated alkanes) is 2. The van der Waals surface area contributed by atoms with Crippen LogP contribution in [0, 0.1) is 11.7 Å². The molecule has 2 atom stereocenters. The maximum absolute atomic E-state index is 14.0. The molecule has 2 aromatic rings. The summed E-state index contributed by atoms with van der Waals surface area (Å²) < 4.78 is 14.0. The van der Waals surface area contributed by atoms with E-state index in [4.69, 9.17) is 23.2 Å². The van der Waals surface area contributed by atoms with Gasteiger partial charge in [0.25, 0.3) is 0 Å². The summed E-state index contributed by atoms with van der Waals surface area (Å²) in [5.74, 6) is -2.27. The Morgan fingerprint density at radius 2 is 1.78 bits per heavy atom. The quantitative estimate of drug-likeness (QED) is 0.482. The molecule has 2 aromatic carbocycles. The summed E-state index contributed by atoms with van der Waals surface area (Å²) in [6.45, 7) is 2.07. The van der Waals surface area contributed by atoms with E-state index in [-0.39, 0.29) is 5.02 Å². The van der Waals surface area contributed by atoms with Crippen molar-refractivity contribution in [2.24, 2.45) is 5.92 Å². The number of nitrogens with one attached hydrogen (secondary N) is 2. The Bertz CT molecular complexity index is 812. The molecule has 4 nitrogen and oxygen atoms in total. The van der Waals surface area contributed by atoms with Crippen LogP contribution >= 0.6 is 23.2 Å². The first kappa shape index (κ1) is 19.8. The Morgan fingerprint density at radius 3 is 2.37 bits per heavy atom. The van der Waals surface area contributed by atoms with E-state index in [0.29, 0.717) is 28.4 Å². The van der Waals surface area contributed by atoms with E-state index >= 15 is 0 Å². The molecule has 1 unspecified atom stereocenters. The SMILES string of the molecule is CCCCC[C@H](C(=O)O)C1(c2ccc(Cl)cc2)Nc2cc(F)c(Cl)cc2N1. The largest absolute Gasteiger partial charge is 0.481 e. The molecule has 0 aromatic heterocycles. The third-order valence-corrected chi connectivity index (χ3v) is 5.48. The van der Waals surface area contributed by atoms with Gasteiger partial charge in [0.2, 0.25) is 0 Å². The number of carboxylic acids is 1. The maximum atomic E-state index is 14.0. The van der Waals surface area contributed by atoms with Gasteiger partial charge in [0.1, 0.15) is 17.4 Å². The molecule has 0 spiro atoms. The molecule has 27 heavy (non-hydrogen) atoms. The standard InChI is InChI=1S/C20H21Cl2FN2O2/c1-2-3-4-5-14(19(26)27)20(12-6-8-13(21)9-7-12)24-17-10-15(22)16(23)11-18(17)25-20/h6-11,14,24-25H,2-5H2,1H3,(H,26,27)/t14-,20?/m1/s1. The minimum Gasteiger partial charge on any atom is -0.481 e. The van der Waals surface area contributed by atoms with Crippen molar-refractivity contribution in [3.05, 3.63) is 57.8 Å². The van der Waals surface area contributed by atoms with Crippen molar-refractivity contribution in [2.75, 3.05) is 10.6 Å². The van der Waals surface area contributed by atoms with E-state index in [1.807, 2.05) is 0 Å². The van der Waals surface area contributed by atoms with Crippen molar-refractivity contribution >= 4 is 40.5 Å². The number of hydrogen-bond acceptors (Lipinski definition) is 3. The zero-order valence-corrected chi connectivity index (χ0v) is 16.4. The molecule has 0 amide bonds. The number of carboxylic acid groups (broad SMARTS) is 1. The molecular formula is C20H21Cl2FN2O2. The van der Waals surface area contributed by atoms with Gasteiger partial charge in [0, 0.05) is 11.1 Å². The van der Waals surface area contributed by atoms with Crippen LogP contribution in [0.5, 0.6) is 0 Å². The van der Waals surface area contributed by atoms with Gasteiger partial charge in [0.05, 0.1) is 16.4 Å². The first-order chi connectivity index (χ1) is 12.9. The second kappa shape index (κ2) is 7.95. The molecule has 0 radical (unpaired) electrons. The summed E-state index contributed by atoms with van der Waals surface area (Å²) in [6.07, 6.45) is 3.17. The number of rotatable bonds is 7. The molecule has 1 aliphatic rings. The van der Waals surface area contributed by atoms with Crippen molar-refractivity contribution < 1.29 is 14.3 Å². The average molecular weight is 411 g/mol. The highest BCUT2D eigenvalue weighted by molar-refractivity contribution is 6.31. The highest BCUT2D eigenvalue weighted by atomic mass is 35.5. The van der Waals surface area contributed by atoms with Crippen LogP contribution in [0.1, 0.15) is 38.2 Å². The van der Waals surface area contributed by atoms with Gasteiger partial charge in [-0.25, -0.2) is 4.39 Å². The van der Waals surface area contributed by atoms with Gasteiger partial charge in [-0.3, -0.25) is 4.79 Å². The topological polar surface area (TPSA) is 61.4 Å². The van der Waals surface area contributed by atoms with Crippen molar-refractivity contribution in [3.63, 3.8) is 0 Å². The van der Waals surface area contributed by atoms with Crippen molar-refractivity contribution in [1.82, 2.24) is 0 Å². The Kier molecular flexibility index (Phi) is 5.82. The lowest BCUT2D eigenvalue weighted by Crippen LogP contribution is -2.49. The van der Waals surface area contributed by atoms with Gasteiger partial charge in [-0.2, -0.15) is 0 Å². The maximum Gasteiger partial charge on any atom is 0.311 e. The molecule has 0 saturated heterocycles. The van der Waals surface area contributed by atoms with Crippen molar-refractivity contribution in [3.8, 4) is 0 Å². The van der Waals surface area contributed by atoms with Gasteiger partial charge in [0.15, 0.2) is 0 Å². The fourth-order valence-corrected chi connectivity index (χ4v) is 3.86. The summed E-state index contributed by atoms with van der Waals surface area (Å²) >= 11 is 11.9. The average Bonchev–Trinajstić information content (AvgIpc) is 2.98. The Balaban J connectivity index is 2.07. The van der Waals surface area contributed by atoms with E-state index in [0.717, 1.165) is 19.3 Å². The number of benzene rings is 2. The van der Waals surface area contributed by atoms with E-state index in [2.05, 4.69) is 17.6 Å². The molecule has 1 heterocycles. The highest BCUT2D eigenvalue weighted by Gasteiger charge is 2.48. The van der Waals surface area contributed by atoms with Crippen molar-refractivity contribution in [2.45, 2.75) is 38.3 Å². The highest BCUT2D eigenvalue weighted by Crippen LogP contribution is 2.47. The van der Waals surface area contributed by atoms with Crippen LogP contribution in [0.3, 0.4) is 0 Å². The predicted octanol–water partition coefficient (Wildman–Crippen LogP) is 6.10. The number of carbonyl (C=O) groups is 1. The van der Waals surface area contributed by atoms with Crippen LogP contribution in [0.25, 0.3) is 0 Å². The molecular weight excluding hydrogens is 390 g/mol. The van der Waals surface area contributed by atoms with E-state index in [1.165, 1.54) is 12.1 Å². The molecule has 0 saturated carbocycles. The summed E-state index contributed by atoms with van der Waals surface area (Å²) in [7, 11) is 0. The molecule has 0 bridgehead atoms. The molecule has 0 fully saturated rings. The Hall–Kier alpha value is -1.98. The molecule has 0 aliphatic carbocycles. The number of anilines is 2. The first-order valence-corrected chi connectivity index (χ1v) is 9.67. The van der Waals surface area contributed by atoms with E-state index in [1.54, 1.807) is 24.3 Å². The second-order valence-electron chi connectivity index (χ2n) is 6.76. The smallest absolute Gasteiger partial charge is 0.311 e. The Labute approximate surface area is 167 Å². The van der Waals surface area contributed by atoms with E-state index in [9.17, 15) is 14.3 Å². The molecule has 3 rings (SSSR count). The summed E-state index contributed by atoms with van der Waals surface area (Å²) in [4.78, 5) is 12.2. The predicted molar refractivity (Wildman–Crippen MR) is 107 cm³/mol. The minimum atomic E-state index is -1.12. The fraction of sp³-hybridized carbons (Fsp3) is 0.350.